The van der Waals surface area contributed by atoms with Crippen LogP contribution in [0, 0.1) is 11.8 Å². The Morgan fingerprint density at radius 3 is 2.36 bits per heavy atom. The Morgan fingerprint density at radius 1 is 1.07 bits per heavy atom. The highest BCUT2D eigenvalue weighted by molar-refractivity contribution is 5.68. The molecule has 6 nitrogen and oxygen atoms in total. The van der Waals surface area contributed by atoms with Crippen LogP contribution in [-0.4, -0.2) is 36.6 Å². The van der Waals surface area contributed by atoms with Gasteiger partial charge in [0.1, 0.15) is 18.3 Å². The topological polar surface area (TPSA) is 74.2 Å². The summed E-state index contributed by atoms with van der Waals surface area (Å²) in [6.07, 6.45) is 18.6. The highest BCUT2D eigenvalue weighted by Gasteiger charge is 2.48. The third-order valence-electron chi connectivity index (χ3n) is 5.74. The quantitative estimate of drug-likeness (QED) is 0.146. The van der Waals surface area contributed by atoms with Gasteiger partial charge in [0.15, 0.2) is 0 Å². The molecule has 0 amide bonds. The molecule has 2 fully saturated rings. The zero-order valence-electron chi connectivity index (χ0n) is 17.3. The molecule has 160 valence electrons. The lowest BCUT2D eigenvalue weighted by Gasteiger charge is -2.26. The number of allylic oxidation sites excluding steroid dienone is 1. The van der Waals surface area contributed by atoms with Gasteiger partial charge in [0.05, 0.1) is 7.11 Å². The van der Waals surface area contributed by atoms with Crippen molar-refractivity contribution in [2.24, 2.45) is 11.8 Å². The van der Waals surface area contributed by atoms with Gasteiger partial charge in [-0.1, -0.05) is 56.9 Å². The van der Waals surface area contributed by atoms with Crippen LogP contribution in [0.1, 0.15) is 71.1 Å². The Hall–Kier alpha value is -1.21. The van der Waals surface area contributed by atoms with Crippen LogP contribution >= 0.6 is 0 Å². The molecule has 1 aliphatic carbocycles. The zero-order chi connectivity index (χ0) is 20.2. The third kappa shape index (κ3) is 7.32. The number of esters is 1. The van der Waals surface area contributed by atoms with Crippen LogP contribution in [0.25, 0.3) is 0 Å². The maximum atomic E-state index is 11.0. The number of unbranched alkanes of at least 4 members (excludes halogenated alkanes) is 6. The first kappa shape index (κ1) is 23.1. The minimum Gasteiger partial charge on any atom is -0.469 e. The van der Waals surface area contributed by atoms with Crippen molar-refractivity contribution in [1.82, 2.24) is 0 Å². The Bertz CT molecular complexity index is 499. The summed E-state index contributed by atoms with van der Waals surface area (Å²) < 4.78 is 4.64. The first-order valence-corrected chi connectivity index (χ1v) is 10.7. The summed E-state index contributed by atoms with van der Waals surface area (Å²) in [6, 6.07) is 0. The predicted octanol–water partition coefficient (Wildman–Crippen LogP) is 5.00. The fourth-order valence-corrected chi connectivity index (χ4v) is 3.99. The lowest BCUT2D eigenvalue weighted by atomic mass is 9.91. The Morgan fingerprint density at radius 2 is 1.71 bits per heavy atom. The Labute approximate surface area is 168 Å². The van der Waals surface area contributed by atoms with Crippen LogP contribution in [0.2, 0.25) is 0 Å². The molecule has 1 saturated heterocycles. The lowest BCUT2D eigenvalue weighted by Crippen LogP contribution is -2.27. The maximum absolute atomic E-state index is 11.0. The largest absolute Gasteiger partial charge is 0.469 e. The molecule has 2 rings (SSSR count). The highest BCUT2D eigenvalue weighted by Crippen LogP contribution is 2.43. The van der Waals surface area contributed by atoms with E-state index in [0.717, 1.165) is 32.1 Å². The van der Waals surface area contributed by atoms with E-state index in [1.807, 2.05) is 13.0 Å². The van der Waals surface area contributed by atoms with Crippen molar-refractivity contribution in [2.45, 2.75) is 89.4 Å². The molecule has 2 bridgehead atoms. The van der Waals surface area contributed by atoms with Gasteiger partial charge in [-0.25, -0.2) is 14.7 Å². The van der Waals surface area contributed by atoms with Gasteiger partial charge in [0.2, 0.25) is 0 Å². The molecule has 1 aliphatic heterocycles. The van der Waals surface area contributed by atoms with E-state index >= 15 is 0 Å². The molecule has 1 N–H and O–H groups in total. The van der Waals surface area contributed by atoms with Crippen molar-refractivity contribution < 1.29 is 29.5 Å². The zero-order valence-corrected chi connectivity index (χ0v) is 17.3. The second kappa shape index (κ2) is 13.1. The van der Waals surface area contributed by atoms with E-state index in [4.69, 9.17) is 15.0 Å². The minimum atomic E-state index is -0.266. The van der Waals surface area contributed by atoms with Gasteiger partial charge in [0, 0.05) is 24.7 Å². The second-order valence-corrected chi connectivity index (χ2v) is 7.76. The smallest absolute Gasteiger partial charge is 0.305 e. The summed E-state index contributed by atoms with van der Waals surface area (Å²) in [6.45, 7) is 1.97. The first-order valence-electron chi connectivity index (χ1n) is 10.7. The molecule has 6 heteroatoms. The molecule has 0 aromatic rings. The number of carbonyl (C=O) groups is 1. The molecule has 0 aromatic carbocycles. The van der Waals surface area contributed by atoms with Gasteiger partial charge in [-0.2, -0.15) is 0 Å². The van der Waals surface area contributed by atoms with Crippen molar-refractivity contribution in [3.8, 4) is 0 Å². The van der Waals surface area contributed by atoms with E-state index < -0.39 is 0 Å². The molecule has 1 saturated carbocycles. The van der Waals surface area contributed by atoms with Crippen molar-refractivity contribution in [1.29, 1.82) is 0 Å². The molecule has 0 spiro atoms. The summed E-state index contributed by atoms with van der Waals surface area (Å²) in [4.78, 5) is 26.3. The number of fused-ring (bicyclic) bond motifs is 2. The van der Waals surface area contributed by atoms with E-state index in [9.17, 15) is 4.79 Å². The molecule has 5 atom stereocenters. The number of rotatable bonds is 14. The molecular formula is C22H36O6. The summed E-state index contributed by atoms with van der Waals surface area (Å²) in [5.74, 6) is 0.487. The molecule has 2 aliphatic rings. The van der Waals surface area contributed by atoms with Gasteiger partial charge in [-0.05, 0) is 25.7 Å². The lowest BCUT2D eigenvalue weighted by molar-refractivity contribution is -0.332. The molecular weight excluding hydrogens is 360 g/mol. The molecule has 28 heavy (non-hydrogen) atoms. The fraction of sp³-hybridized carbons (Fsp3) is 0.773. The van der Waals surface area contributed by atoms with Gasteiger partial charge in [-0.15, -0.1) is 0 Å². The molecule has 0 aromatic heterocycles. The maximum Gasteiger partial charge on any atom is 0.305 e. The summed E-state index contributed by atoms with van der Waals surface area (Å²) in [7, 11) is 1.44. The van der Waals surface area contributed by atoms with Crippen LogP contribution in [0.15, 0.2) is 24.3 Å². The molecule has 1 heterocycles. The average Bonchev–Trinajstić information content (AvgIpc) is 3.32. The van der Waals surface area contributed by atoms with E-state index in [2.05, 4.69) is 27.9 Å². The summed E-state index contributed by atoms with van der Waals surface area (Å²) in [5, 5.41) is 8.88. The van der Waals surface area contributed by atoms with Crippen LogP contribution < -0.4 is 0 Å². The van der Waals surface area contributed by atoms with Crippen molar-refractivity contribution in [3.63, 3.8) is 0 Å². The SMILES string of the molecule is CCC(C=CC1C2CC(OO2)C1C=CCCCCCCCCC(=O)OC)OO. The van der Waals surface area contributed by atoms with Crippen molar-refractivity contribution >= 4 is 5.97 Å². The summed E-state index contributed by atoms with van der Waals surface area (Å²) in [5.41, 5.74) is 0. The standard InChI is InChI=1S/C22H36O6/c1-3-17(26-24)14-15-19-18(20-16-21(19)28-27-20)12-10-8-6-4-5-7-9-11-13-22(23)25-2/h10,12,14-15,17-21,24H,3-9,11,13,16H2,1-2H3. The van der Waals surface area contributed by atoms with Gasteiger partial charge in [0.25, 0.3) is 0 Å². The van der Waals surface area contributed by atoms with E-state index in [1.54, 1.807) is 0 Å². The van der Waals surface area contributed by atoms with Gasteiger partial charge in [-0.3, -0.25) is 10.1 Å². The summed E-state index contributed by atoms with van der Waals surface area (Å²) >= 11 is 0. The monoisotopic (exact) mass is 396 g/mol. The second-order valence-electron chi connectivity index (χ2n) is 7.76. The van der Waals surface area contributed by atoms with E-state index in [0.29, 0.717) is 12.3 Å². The predicted molar refractivity (Wildman–Crippen MR) is 106 cm³/mol. The molecule has 0 radical (unpaired) electrons. The number of methoxy groups -OCH3 is 1. The van der Waals surface area contributed by atoms with Crippen molar-refractivity contribution in [3.05, 3.63) is 24.3 Å². The van der Waals surface area contributed by atoms with Crippen LogP contribution in [-0.2, 0) is 24.2 Å². The average molecular weight is 397 g/mol. The van der Waals surface area contributed by atoms with Crippen LogP contribution in [0.3, 0.4) is 0 Å². The van der Waals surface area contributed by atoms with Crippen molar-refractivity contribution in [2.75, 3.05) is 7.11 Å². The van der Waals surface area contributed by atoms with E-state index in [-0.39, 0.29) is 30.2 Å². The fourth-order valence-electron chi connectivity index (χ4n) is 3.99. The van der Waals surface area contributed by atoms with Gasteiger partial charge >= 0.3 is 5.97 Å². The van der Waals surface area contributed by atoms with E-state index in [1.165, 1.54) is 32.8 Å². The number of ether oxygens (including phenoxy) is 1. The highest BCUT2D eigenvalue weighted by atomic mass is 17.2. The van der Waals surface area contributed by atoms with Crippen LogP contribution in [0.5, 0.6) is 0 Å². The Balaban J connectivity index is 1.62. The third-order valence-corrected chi connectivity index (χ3v) is 5.74. The number of hydrogen-bond donors (Lipinski definition) is 1. The first-order chi connectivity index (χ1) is 13.7. The van der Waals surface area contributed by atoms with Gasteiger partial charge < -0.3 is 4.74 Å². The number of carbonyl (C=O) groups excluding carboxylic acids is 1. The molecule has 5 unspecified atom stereocenters. The van der Waals surface area contributed by atoms with Crippen LogP contribution in [0.4, 0.5) is 0 Å². The number of hydrogen-bond acceptors (Lipinski definition) is 6. The normalized spacial score (nSPS) is 27.8. The minimum absolute atomic E-state index is 0.0945. The Kier molecular flexibility index (Phi) is 10.8.